The minimum atomic E-state index is -0.134. The molecule has 0 aliphatic rings. The second-order valence-electron chi connectivity index (χ2n) is 4.14. The third kappa shape index (κ3) is 2.16. The van der Waals surface area contributed by atoms with Gasteiger partial charge in [0.25, 0.3) is 5.91 Å². The first-order valence-electron chi connectivity index (χ1n) is 6.01. The van der Waals surface area contributed by atoms with Crippen LogP contribution in [-0.4, -0.2) is 33.1 Å². The Morgan fingerprint density at radius 2 is 2.20 bits per heavy atom. The molecule has 20 heavy (non-hydrogen) atoms. The Morgan fingerprint density at radius 1 is 1.30 bits per heavy atom. The molecule has 3 N–H and O–H groups in total. The highest BCUT2D eigenvalue weighted by molar-refractivity contribution is 5.95. The Kier molecular flexibility index (Phi) is 3.00. The van der Waals surface area contributed by atoms with Crippen molar-refractivity contribution in [3.63, 3.8) is 0 Å². The molecule has 0 spiro atoms. The van der Waals surface area contributed by atoms with Crippen molar-refractivity contribution in [2.24, 2.45) is 0 Å². The lowest BCUT2D eigenvalue weighted by Gasteiger charge is -2.07. The number of aromatic amines is 1. The van der Waals surface area contributed by atoms with Crippen LogP contribution in [-0.2, 0) is 0 Å². The summed E-state index contributed by atoms with van der Waals surface area (Å²) in [5, 5.41) is 13.3. The van der Waals surface area contributed by atoms with Crippen LogP contribution in [0.4, 0.5) is 11.5 Å². The second kappa shape index (κ2) is 4.96. The number of anilines is 2. The van der Waals surface area contributed by atoms with Gasteiger partial charge < -0.3 is 10.6 Å². The fraction of sp³-hybridized carbons (Fsp3) is 0.0769. The molecule has 0 aliphatic carbocycles. The molecule has 0 bridgehead atoms. The first kappa shape index (κ1) is 12.1. The maximum atomic E-state index is 11.6. The number of amides is 1. The van der Waals surface area contributed by atoms with Crippen molar-refractivity contribution in [1.82, 2.24) is 25.5 Å². The molecule has 0 unspecified atom stereocenters. The van der Waals surface area contributed by atoms with E-state index in [9.17, 15) is 4.79 Å². The summed E-state index contributed by atoms with van der Waals surface area (Å²) in [5.74, 6) is 0.502. The number of nitrogens with zero attached hydrogens (tertiary/aromatic N) is 3. The van der Waals surface area contributed by atoms with E-state index in [-0.39, 0.29) is 5.91 Å². The van der Waals surface area contributed by atoms with Crippen molar-refractivity contribution < 1.29 is 4.79 Å². The van der Waals surface area contributed by atoms with Crippen molar-refractivity contribution in [3.05, 3.63) is 42.4 Å². The van der Waals surface area contributed by atoms with Gasteiger partial charge in [0.15, 0.2) is 5.65 Å². The molecule has 2 aromatic heterocycles. The Hall–Kier alpha value is -2.96. The predicted molar refractivity (Wildman–Crippen MR) is 74.8 cm³/mol. The molecule has 0 atom stereocenters. The van der Waals surface area contributed by atoms with Crippen LogP contribution in [0.15, 0.2) is 36.8 Å². The third-order valence-electron chi connectivity index (χ3n) is 2.86. The number of carbonyl (C=O) groups excluding carboxylic acids is 1. The lowest BCUT2D eigenvalue weighted by molar-refractivity contribution is 0.0963. The van der Waals surface area contributed by atoms with Crippen LogP contribution < -0.4 is 10.6 Å². The van der Waals surface area contributed by atoms with E-state index in [4.69, 9.17) is 0 Å². The third-order valence-corrected chi connectivity index (χ3v) is 2.86. The smallest absolute Gasteiger partial charge is 0.251 e. The van der Waals surface area contributed by atoms with E-state index < -0.39 is 0 Å². The summed E-state index contributed by atoms with van der Waals surface area (Å²) in [7, 11) is 1.60. The van der Waals surface area contributed by atoms with Crippen LogP contribution in [0.5, 0.6) is 0 Å². The highest BCUT2D eigenvalue weighted by Gasteiger charge is 2.07. The molecule has 0 saturated carbocycles. The molecule has 1 aromatic carbocycles. The molecule has 3 aromatic rings. The van der Waals surface area contributed by atoms with Crippen LogP contribution in [0, 0.1) is 0 Å². The fourth-order valence-electron chi connectivity index (χ4n) is 1.88. The molecule has 0 aliphatic heterocycles. The van der Waals surface area contributed by atoms with Crippen LogP contribution in [0.2, 0.25) is 0 Å². The van der Waals surface area contributed by atoms with Gasteiger partial charge in [-0.3, -0.25) is 9.89 Å². The number of nitrogens with one attached hydrogen (secondary N) is 3. The van der Waals surface area contributed by atoms with E-state index in [2.05, 4.69) is 30.8 Å². The van der Waals surface area contributed by atoms with E-state index in [1.54, 1.807) is 31.4 Å². The summed E-state index contributed by atoms with van der Waals surface area (Å²) in [6.07, 6.45) is 3.10. The maximum absolute atomic E-state index is 11.6. The number of hydrogen-bond acceptors (Lipinski definition) is 5. The van der Waals surface area contributed by atoms with Gasteiger partial charge in [-0.1, -0.05) is 6.07 Å². The number of hydrogen-bond donors (Lipinski definition) is 3. The standard InChI is InChI=1S/C13H12N6O/c1-14-13(20)8-3-2-4-9(5-8)18-11-10-6-17-19-12(10)16-7-15-11/h2-7H,1H3,(H,14,20)(H2,15,16,17,18,19). The molecular formula is C13H12N6O. The zero-order chi connectivity index (χ0) is 13.9. The SMILES string of the molecule is CNC(=O)c1cccc(Nc2ncnc3[nH]ncc23)c1. The minimum absolute atomic E-state index is 0.134. The summed E-state index contributed by atoms with van der Waals surface area (Å²) in [6, 6.07) is 7.17. The highest BCUT2D eigenvalue weighted by atomic mass is 16.1. The highest BCUT2D eigenvalue weighted by Crippen LogP contribution is 2.21. The summed E-state index contributed by atoms with van der Waals surface area (Å²) in [4.78, 5) is 19.9. The maximum Gasteiger partial charge on any atom is 0.251 e. The Morgan fingerprint density at radius 3 is 3.05 bits per heavy atom. The van der Waals surface area contributed by atoms with E-state index in [1.165, 1.54) is 6.33 Å². The van der Waals surface area contributed by atoms with Crippen LogP contribution in [0.25, 0.3) is 11.0 Å². The monoisotopic (exact) mass is 268 g/mol. The number of benzene rings is 1. The van der Waals surface area contributed by atoms with Crippen molar-refractivity contribution >= 4 is 28.4 Å². The molecule has 100 valence electrons. The van der Waals surface area contributed by atoms with Gasteiger partial charge >= 0.3 is 0 Å². The van der Waals surface area contributed by atoms with E-state index >= 15 is 0 Å². The molecule has 7 heteroatoms. The lowest BCUT2D eigenvalue weighted by Crippen LogP contribution is -2.17. The topological polar surface area (TPSA) is 95.6 Å². The first-order valence-corrected chi connectivity index (χ1v) is 6.01. The molecule has 2 heterocycles. The number of H-pyrrole nitrogens is 1. The van der Waals surface area contributed by atoms with E-state index in [1.807, 2.05) is 6.07 Å². The molecular weight excluding hydrogens is 256 g/mol. The van der Waals surface area contributed by atoms with Crippen LogP contribution in [0.1, 0.15) is 10.4 Å². The molecule has 7 nitrogen and oxygen atoms in total. The zero-order valence-electron chi connectivity index (χ0n) is 10.7. The van der Waals surface area contributed by atoms with E-state index in [0.717, 1.165) is 11.1 Å². The Labute approximate surface area is 114 Å². The average molecular weight is 268 g/mol. The van der Waals surface area contributed by atoms with Gasteiger partial charge in [0.2, 0.25) is 0 Å². The molecule has 0 radical (unpaired) electrons. The Bertz CT molecular complexity index is 766. The zero-order valence-corrected chi connectivity index (χ0v) is 10.7. The van der Waals surface area contributed by atoms with Gasteiger partial charge in [0.05, 0.1) is 11.6 Å². The van der Waals surface area contributed by atoms with Gasteiger partial charge in [-0.05, 0) is 18.2 Å². The number of carbonyl (C=O) groups is 1. The average Bonchev–Trinajstić information content (AvgIpc) is 2.96. The number of aromatic nitrogens is 4. The minimum Gasteiger partial charge on any atom is -0.355 e. The van der Waals surface area contributed by atoms with Crippen molar-refractivity contribution in [3.8, 4) is 0 Å². The normalized spacial score (nSPS) is 10.4. The quantitative estimate of drug-likeness (QED) is 0.668. The number of rotatable bonds is 3. The van der Waals surface area contributed by atoms with Gasteiger partial charge in [-0.25, -0.2) is 9.97 Å². The second-order valence-corrected chi connectivity index (χ2v) is 4.14. The van der Waals surface area contributed by atoms with Crippen LogP contribution in [0.3, 0.4) is 0 Å². The largest absolute Gasteiger partial charge is 0.355 e. The Balaban J connectivity index is 1.95. The predicted octanol–water partition coefficient (Wildman–Crippen LogP) is 1.46. The first-order chi connectivity index (χ1) is 9.78. The van der Waals surface area contributed by atoms with Gasteiger partial charge in [-0.2, -0.15) is 5.10 Å². The molecule has 3 rings (SSSR count). The summed E-state index contributed by atoms with van der Waals surface area (Å²) in [5.41, 5.74) is 2.01. The van der Waals surface area contributed by atoms with Crippen molar-refractivity contribution in [1.29, 1.82) is 0 Å². The van der Waals surface area contributed by atoms with Crippen molar-refractivity contribution in [2.75, 3.05) is 12.4 Å². The molecule has 0 fully saturated rings. The summed E-state index contributed by atoms with van der Waals surface area (Å²) < 4.78 is 0. The van der Waals surface area contributed by atoms with Gasteiger partial charge in [-0.15, -0.1) is 0 Å². The van der Waals surface area contributed by atoms with Gasteiger partial charge in [0, 0.05) is 18.3 Å². The molecule has 1 amide bonds. The fourth-order valence-corrected chi connectivity index (χ4v) is 1.88. The summed E-state index contributed by atoms with van der Waals surface area (Å²) >= 11 is 0. The summed E-state index contributed by atoms with van der Waals surface area (Å²) in [6.45, 7) is 0. The van der Waals surface area contributed by atoms with Crippen LogP contribution >= 0.6 is 0 Å². The van der Waals surface area contributed by atoms with Gasteiger partial charge in [0.1, 0.15) is 12.1 Å². The van der Waals surface area contributed by atoms with Crippen molar-refractivity contribution in [2.45, 2.75) is 0 Å². The lowest BCUT2D eigenvalue weighted by atomic mass is 10.2. The molecule has 0 saturated heterocycles. The number of fused-ring (bicyclic) bond motifs is 1. The van der Waals surface area contributed by atoms with E-state index in [0.29, 0.717) is 17.0 Å².